The van der Waals surface area contributed by atoms with E-state index in [1.54, 1.807) is 0 Å². The molecule has 0 saturated carbocycles. The van der Waals surface area contributed by atoms with Crippen LogP contribution < -0.4 is 0 Å². The number of hydrogen-bond donors (Lipinski definition) is 0. The van der Waals surface area contributed by atoms with Gasteiger partial charge in [0.2, 0.25) is 0 Å². The van der Waals surface area contributed by atoms with Crippen molar-refractivity contribution < 1.29 is 26.3 Å². The van der Waals surface area contributed by atoms with E-state index in [1.807, 2.05) is 6.92 Å². The maximum Gasteiger partial charge on any atom is 0.195 e. The van der Waals surface area contributed by atoms with Gasteiger partial charge in [0.1, 0.15) is 17.5 Å². The lowest BCUT2D eigenvalue weighted by Gasteiger charge is -2.09. The molecule has 0 aliphatic carbocycles. The van der Waals surface area contributed by atoms with Crippen LogP contribution in [0.5, 0.6) is 0 Å². The van der Waals surface area contributed by atoms with Crippen LogP contribution in [0.3, 0.4) is 0 Å². The third kappa shape index (κ3) is 4.45. The lowest BCUT2D eigenvalue weighted by Crippen LogP contribution is -1.96. The fourth-order valence-electron chi connectivity index (χ4n) is 3.63. The summed E-state index contributed by atoms with van der Waals surface area (Å²) in [4.78, 5) is 0. The zero-order valence-corrected chi connectivity index (χ0v) is 17.4. The van der Waals surface area contributed by atoms with Gasteiger partial charge in [0.05, 0.1) is 11.1 Å². The highest BCUT2D eigenvalue weighted by atomic mass is 19.2. The highest BCUT2D eigenvalue weighted by Gasteiger charge is 2.15. The minimum absolute atomic E-state index is 0.0290. The van der Waals surface area contributed by atoms with Crippen LogP contribution in [0.25, 0.3) is 21.9 Å². The first-order valence-corrected chi connectivity index (χ1v) is 10.2. The zero-order valence-electron chi connectivity index (χ0n) is 17.4. The third-order valence-electron chi connectivity index (χ3n) is 5.21. The lowest BCUT2D eigenvalue weighted by molar-refractivity contribution is 0.453. The molecule has 0 saturated heterocycles. The summed E-state index contributed by atoms with van der Waals surface area (Å²) in [5.74, 6) is -1.24. The first kappa shape index (κ1) is 22.5. The molecular weight excluding hydrogens is 438 g/mol. The first-order chi connectivity index (χ1) is 15.8. The quantitative estimate of drug-likeness (QED) is 0.169. The number of halogens is 6. The molecule has 0 aliphatic rings. The van der Waals surface area contributed by atoms with Gasteiger partial charge < -0.3 is 0 Å². The second-order valence-corrected chi connectivity index (χ2v) is 7.55. The Morgan fingerprint density at radius 3 is 2.06 bits per heavy atom. The van der Waals surface area contributed by atoms with Crippen LogP contribution in [0.4, 0.5) is 26.3 Å². The Morgan fingerprint density at radius 2 is 1.39 bits per heavy atom. The van der Waals surface area contributed by atoms with Gasteiger partial charge in [0, 0.05) is 10.9 Å². The Hall–Kier alpha value is -3.72. The Kier molecular flexibility index (Phi) is 6.15. The number of rotatable bonds is 3. The monoisotopic (exact) mass is 454 g/mol. The Bertz CT molecular complexity index is 1420. The summed E-state index contributed by atoms with van der Waals surface area (Å²) in [7, 11) is 0. The molecule has 0 heterocycles. The Morgan fingerprint density at radius 1 is 0.667 bits per heavy atom. The van der Waals surface area contributed by atoms with E-state index < -0.39 is 34.9 Å². The fourth-order valence-corrected chi connectivity index (χ4v) is 3.63. The molecule has 0 aromatic heterocycles. The van der Waals surface area contributed by atoms with Crippen molar-refractivity contribution >= 4 is 10.8 Å². The summed E-state index contributed by atoms with van der Waals surface area (Å²) in [6, 6.07) is 11.0. The van der Waals surface area contributed by atoms with Crippen molar-refractivity contribution in [1.82, 2.24) is 0 Å². The molecule has 0 nitrogen and oxygen atoms in total. The van der Waals surface area contributed by atoms with Gasteiger partial charge in [-0.1, -0.05) is 37.3 Å². The topological polar surface area (TPSA) is 0 Å². The van der Waals surface area contributed by atoms with Gasteiger partial charge in [-0.15, -0.1) is 0 Å². The van der Waals surface area contributed by atoms with Gasteiger partial charge in [-0.05, 0) is 65.4 Å². The molecule has 0 fully saturated rings. The molecule has 4 aromatic rings. The van der Waals surface area contributed by atoms with Gasteiger partial charge in [-0.2, -0.15) is 0 Å². The molecule has 0 unspecified atom stereocenters. The van der Waals surface area contributed by atoms with E-state index in [-0.39, 0.29) is 27.5 Å². The van der Waals surface area contributed by atoms with Crippen LogP contribution in [0, 0.1) is 46.7 Å². The molecule has 0 spiro atoms. The maximum absolute atomic E-state index is 14.6. The molecule has 4 aromatic carbocycles. The first-order valence-electron chi connectivity index (χ1n) is 10.2. The molecule has 166 valence electrons. The fraction of sp³-hybridized carbons (Fsp3) is 0.111. The van der Waals surface area contributed by atoms with Gasteiger partial charge in [0.25, 0.3) is 0 Å². The number of fused-ring (bicyclic) bond motifs is 1. The molecule has 0 amide bonds. The highest BCUT2D eigenvalue weighted by Crippen LogP contribution is 2.29. The van der Waals surface area contributed by atoms with Crippen LogP contribution in [0.15, 0.2) is 54.6 Å². The van der Waals surface area contributed by atoms with Gasteiger partial charge in [0.15, 0.2) is 17.5 Å². The van der Waals surface area contributed by atoms with Crippen molar-refractivity contribution in [1.29, 1.82) is 0 Å². The van der Waals surface area contributed by atoms with Crippen molar-refractivity contribution in [3.8, 4) is 23.0 Å². The average Bonchev–Trinajstić information content (AvgIpc) is 2.76. The molecule has 0 bridgehead atoms. The standard InChI is InChI=1S/C27H16F6/c1-2-3-16-11-22(29)25(23(30)12-16)18-8-7-17(21(28)13-18)6-4-15-5-9-20-19(10-15)14-24(31)27(33)26(20)32/h5,7-14H,2-3H2,1H3. The van der Waals surface area contributed by atoms with Gasteiger partial charge in [-0.3, -0.25) is 0 Å². The summed E-state index contributed by atoms with van der Waals surface area (Å²) in [6.07, 6.45) is 1.26. The van der Waals surface area contributed by atoms with Crippen molar-refractivity contribution in [2.45, 2.75) is 19.8 Å². The highest BCUT2D eigenvalue weighted by molar-refractivity contribution is 5.84. The molecule has 0 N–H and O–H groups in total. The normalized spacial score (nSPS) is 10.9. The smallest absolute Gasteiger partial charge is 0.195 e. The van der Waals surface area contributed by atoms with E-state index in [4.69, 9.17) is 0 Å². The summed E-state index contributed by atoms with van der Waals surface area (Å²) in [6.45, 7) is 1.90. The second kappa shape index (κ2) is 9.03. The molecule has 0 atom stereocenters. The number of benzene rings is 4. The van der Waals surface area contributed by atoms with Crippen molar-refractivity contribution in [3.63, 3.8) is 0 Å². The van der Waals surface area contributed by atoms with Gasteiger partial charge >= 0.3 is 0 Å². The minimum atomic E-state index is -1.56. The molecule has 0 radical (unpaired) electrons. The molecule has 4 rings (SSSR count). The van der Waals surface area contributed by atoms with E-state index in [2.05, 4.69) is 11.8 Å². The molecular formula is C27H16F6. The number of hydrogen-bond acceptors (Lipinski definition) is 0. The summed E-state index contributed by atoms with van der Waals surface area (Å²) >= 11 is 0. The van der Waals surface area contributed by atoms with Crippen LogP contribution in [-0.2, 0) is 6.42 Å². The predicted molar refractivity (Wildman–Crippen MR) is 116 cm³/mol. The van der Waals surface area contributed by atoms with Crippen molar-refractivity contribution in [3.05, 3.63) is 106 Å². The van der Waals surface area contributed by atoms with E-state index in [0.29, 0.717) is 17.5 Å². The Balaban J connectivity index is 1.67. The third-order valence-corrected chi connectivity index (χ3v) is 5.21. The van der Waals surface area contributed by atoms with Crippen molar-refractivity contribution in [2.75, 3.05) is 0 Å². The largest absolute Gasteiger partial charge is 0.206 e. The van der Waals surface area contributed by atoms with E-state index >= 15 is 0 Å². The van der Waals surface area contributed by atoms with Crippen LogP contribution >= 0.6 is 0 Å². The van der Waals surface area contributed by atoms with Crippen LogP contribution in [0.1, 0.15) is 30.0 Å². The van der Waals surface area contributed by atoms with E-state index in [1.165, 1.54) is 42.5 Å². The summed E-state index contributed by atoms with van der Waals surface area (Å²) < 4.78 is 84.2. The molecule has 33 heavy (non-hydrogen) atoms. The van der Waals surface area contributed by atoms with Crippen LogP contribution in [0.2, 0.25) is 0 Å². The summed E-state index contributed by atoms with van der Waals surface area (Å²) in [5.41, 5.74) is 0.532. The van der Waals surface area contributed by atoms with Gasteiger partial charge in [-0.25, -0.2) is 26.3 Å². The predicted octanol–water partition coefficient (Wildman–Crippen LogP) is 7.69. The second-order valence-electron chi connectivity index (χ2n) is 7.55. The lowest BCUT2D eigenvalue weighted by atomic mass is 9.99. The minimum Gasteiger partial charge on any atom is -0.206 e. The number of aryl methyl sites for hydroxylation is 1. The van der Waals surface area contributed by atoms with Crippen LogP contribution in [-0.4, -0.2) is 0 Å². The molecule has 6 heteroatoms. The zero-order chi connectivity index (χ0) is 23.7. The summed E-state index contributed by atoms with van der Waals surface area (Å²) in [5, 5.41) is -0.00418. The maximum atomic E-state index is 14.6. The molecule has 0 aliphatic heterocycles. The SMILES string of the molecule is CCCc1cc(F)c(-c2ccc(C#Cc3ccc4c(F)c(F)c(F)cc4c3)c(F)c2)c(F)c1. The average molecular weight is 454 g/mol. The van der Waals surface area contributed by atoms with Crippen molar-refractivity contribution in [2.24, 2.45) is 0 Å². The van der Waals surface area contributed by atoms with E-state index in [9.17, 15) is 26.3 Å². The van der Waals surface area contributed by atoms with E-state index in [0.717, 1.165) is 18.6 Å². The Labute approximate surface area is 186 Å².